The van der Waals surface area contributed by atoms with Crippen LogP contribution < -0.4 is 11.1 Å². The molecule has 94 valence electrons. The Morgan fingerprint density at radius 3 is 2.94 bits per heavy atom. The Labute approximate surface area is 107 Å². The van der Waals surface area contributed by atoms with Crippen LogP contribution in [-0.2, 0) is 4.79 Å². The summed E-state index contributed by atoms with van der Waals surface area (Å²) in [4.78, 5) is 27.6. The van der Waals surface area contributed by atoms with Crippen molar-refractivity contribution in [3.05, 3.63) is 29.9 Å². The smallest absolute Gasteiger partial charge is 0.318 e. The average molecular weight is 264 g/mol. The minimum absolute atomic E-state index is 0.460. The van der Waals surface area contributed by atoms with Gasteiger partial charge in [0, 0.05) is 12.4 Å². The molecule has 0 aromatic carbocycles. The summed E-state index contributed by atoms with van der Waals surface area (Å²) < 4.78 is 1.70. The lowest BCUT2D eigenvalue weighted by molar-refractivity contribution is -0.122. The maximum Gasteiger partial charge on any atom is 0.318 e. The van der Waals surface area contributed by atoms with Gasteiger partial charge in [-0.2, -0.15) is 0 Å². The van der Waals surface area contributed by atoms with Crippen LogP contribution in [-0.4, -0.2) is 21.5 Å². The minimum Gasteiger partial charge on any atom is -0.351 e. The number of amides is 3. The first-order valence-corrected chi connectivity index (χ1v) is 6.14. The quantitative estimate of drug-likeness (QED) is 0.877. The van der Waals surface area contributed by atoms with Crippen LogP contribution in [0, 0.1) is 0 Å². The molecule has 0 bridgehead atoms. The van der Waals surface area contributed by atoms with Gasteiger partial charge >= 0.3 is 6.03 Å². The van der Waals surface area contributed by atoms with Gasteiger partial charge in [-0.3, -0.25) is 10.1 Å². The average Bonchev–Trinajstić information content (AvgIpc) is 2.97. The molecule has 7 heteroatoms. The van der Waals surface area contributed by atoms with Crippen LogP contribution in [0.15, 0.2) is 29.9 Å². The van der Waals surface area contributed by atoms with Crippen molar-refractivity contribution in [2.24, 2.45) is 5.73 Å². The van der Waals surface area contributed by atoms with E-state index >= 15 is 0 Å². The predicted molar refractivity (Wildman–Crippen MR) is 68.0 cm³/mol. The number of thiophene rings is 1. The molecule has 0 saturated heterocycles. The number of nitrogens with zero attached hydrogens (tertiary/aromatic N) is 2. The summed E-state index contributed by atoms with van der Waals surface area (Å²) in [6.07, 6.45) is 3.31. The molecule has 6 nitrogen and oxygen atoms in total. The fraction of sp³-hybridized carbons (Fsp3) is 0.182. The number of imide groups is 1. The first-order valence-electron chi connectivity index (χ1n) is 5.26. The number of carbonyl (C=O) groups is 2. The van der Waals surface area contributed by atoms with Crippen LogP contribution >= 0.6 is 11.3 Å². The number of nitrogens with one attached hydrogen (secondary N) is 1. The van der Waals surface area contributed by atoms with E-state index in [4.69, 9.17) is 5.73 Å². The largest absolute Gasteiger partial charge is 0.351 e. The van der Waals surface area contributed by atoms with Gasteiger partial charge in [-0.05, 0) is 18.4 Å². The molecular formula is C11H12N4O2S. The van der Waals surface area contributed by atoms with Crippen molar-refractivity contribution < 1.29 is 9.59 Å². The number of hydrogen-bond donors (Lipinski definition) is 2. The van der Waals surface area contributed by atoms with Gasteiger partial charge in [0.1, 0.15) is 6.04 Å². The summed E-state index contributed by atoms with van der Waals surface area (Å²) in [7, 11) is 0. The van der Waals surface area contributed by atoms with Gasteiger partial charge in [0.25, 0.3) is 5.91 Å². The minimum atomic E-state index is -0.857. The molecule has 0 aliphatic rings. The maximum atomic E-state index is 11.7. The zero-order valence-electron chi connectivity index (χ0n) is 9.66. The summed E-state index contributed by atoms with van der Waals surface area (Å²) in [6, 6.07) is 2.41. The van der Waals surface area contributed by atoms with Gasteiger partial charge in [0.2, 0.25) is 0 Å². The highest BCUT2D eigenvalue weighted by Crippen LogP contribution is 2.25. The van der Waals surface area contributed by atoms with Gasteiger partial charge in [0.15, 0.2) is 5.82 Å². The normalized spacial score (nSPS) is 12.1. The molecule has 0 radical (unpaired) electrons. The third kappa shape index (κ3) is 2.40. The highest BCUT2D eigenvalue weighted by molar-refractivity contribution is 7.13. The van der Waals surface area contributed by atoms with Gasteiger partial charge < -0.3 is 10.3 Å². The van der Waals surface area contributed by atoms with Gasteiger partial charge in [0.05, 0.1) is 4.88 Å². The van der Waals surface area contributed by atoms with E-state index in [0.29, 0.717) is 5.82 Å². The fourth-order valence-electron chi connectivity index (χ4n) is 1.57. The van der Waals surface area contributed by atoms with E-state index in [9.17, 15) is 9.59 Å². The second kappa shape index (κ2) is 5.01. The van der Waals surface area contributed by atoms with Crippen molar-refractivity contribution >= 4 is 23.3 Å². The SMILES string of the molecule is CC(C(=O)NC(N)=O)n1ccnc1-c1cccs1. The standard InChI is InChI=1S/C11H12N4O2S/c1-7(10(16)14-11(12)17)15-5-4-13-9(15)8-3-2-6-18-8/h2-7H,1H3,(H3,12,14,16,17). The van der Waals surface area contributed by atoms with Crippen molar-refractivity contribution in [3.63, 3.8) is 0 Å². The van der Waals surface area contributed by atoms with E-state index in [0.717, 1.165) is 4.88 Å². The lowest BCUT2D eigenvalue weighted by atomic mass is 10.3. The fourth-order valence-corrected chi connectivity index (χ4v) is 2.30. The Kier molecular flexibility index (Phi) is 3.42. The van der Waals surface area contributed by atoms with Crippen molar-refractivity contribution in [1.82, 2.24) is 14.9 Å². The number of aromatic nitrogens is 2. The van der Waals surface area contributed by atoms with E-state index in [2.05, 4.69) is 10.3 Å². The molecule has 3 amide bonds. The first-order chi connectivity index (χ1) is 8.59. The Balaban J connectivity index is 2.27. The van der Waals surface area contributed by atoms with Crippen molar-refractivity contribution in [2.45, 2.75) is 13.0 Å². The number of carbonyl (C=O) groups excluding carboxylic acids is 2. The lowest BCUT2D eigenvalue weighted by Crippen LogP contribution is -2.39. The van der Waals surface area contributed by atoms with Crippen molar-refractivity contribution in [1.29, 1.82) is 0 Å². The first kappa shape index (κ1) is 12.3. The van der Waals surface area contributed by atoms with Crippen molar-refractivity contribution in [3.8, 4) is 10.7 Å². The second-order valence-electron chi connectivity index (χ2n) is 3.66. The molecule has 2 heterocycles. The van der Waals surface area contributed by atoms with Crippen LogP contribution in [0.3, 0.4) is 0 Å². The number of hydrogen-bond acceptors (Lipinski definition) is 4. The third-order valence-corrected chi connectivity index (χ3v) is 3.32. The Hall–Kier alpha value is -2.15. The van der Waals surface area contributed by atoms with E-state index in [1.807, 2.05) is 17.5 Å². The highest BCUT2D eigenvalue weighted by atomic mass is 32.1. The molecule has 1 atom stereocenters. The maximum absolute atomic E-state index is 11.7. The van der Waals surface area contributed by atoms with Crippen LogP contribution in [0.4, 0.5) is 4.79 Å². The van der Waals surface area contributed by atoms with E-state index < -0.39 is 18.0 Å². The summed E-state index contributed by atoms with van der Waals surface area (Å²) >= 11 is 1.53. The van der Waals surface area contributed by atoms with Gasteiger partial charge in [-0.1, -0.05) is 6.07 Å². The van der Waals surface area contributed by atoms with Crippen LogP contribution in [0.2, 0.25) is 0 Å². The monoisotopic (exact) mass is 264 g/mol. The van der Waals surface area contributed by atoms with Crippen LogP contribution in [0.1, 0.15) is 13.0 Å². The van der Waals surface area contributed by atoms with Crippen LogP contribution in [0.25, 0.3) is 10.7 Å². The summed E-state index contributed by atoms with van der Waals surface area (Å²) in [5, 5.41) is 3.99. The van der Waals surface area contributed by atoms with Gasteiger partial charge in [-0.15, -0.1) is 11.3 Å². The summed E-state index contributed by atoms with van der Waals surface area (Å²) in [6.45, 7) is 1.68. The topological polar surface area (TPSA) is 90.0 Å². The predicted octanol–water partition coefficient (Wildman–Crippen LogP) is 1.37. The zero-order chi connectivity index (χ0) is 13.1. The van der Waals surface area contributed by atoms with Gasteiger partial charge in [-0.25, -0.2) is 9.78 Å². The number of nitrogens with two attached hydrogens (primary N) is 1. The molecule has 0 spiro atoms. The molecule has 3 N–H and O–H groups in total. The molecule has 0 saturated carbocycles. The van der Waals surface area contributed by atoms with E-state index in [1.54, 1.807) is 23.9 Å². The van der Waals surface area contributed by atoms with E-state index in [-0.39, 0.29) is 0 Å². The molecule has 1 unspecified atom stereocenters. The zero-order valence-corrected chi connectivity index (χ0v) is 10.5. The number of rotatable bonds is 3. The molecule has 18 heavy (non-hydrogen) atoms. The molecular weight excluding hydrogens is 252 g/mol. The second-order valence-corrected chi connectivity index (χ2v) is 4.61. The molecule has 0 aliphatic heterocycles. The summed E-state index contributed by atoms with van der Waals surface area (Å²) in [5.74, 6) is 0.232. The molecule has 0 fully saturated rings. The number of primary amides is 1. The number of imidazole rings is 1. The molecule has 2 rings (SSSR count). The van der Waals surface area contributed by atoms with Crippen molar-refractivity contribution in [2.75, 3.05) is 0 Å². The Morgan fingerprint density at radius 1 is 1.56 bits per heavy atom. The van der Waals surface area contributed by atoms with E-state index in [1.165, 1.54) is 11.3 Å². The Bertz CT molecular complexity index is 561. The number of urea groups is 1. The third-order valence-electron chi connectivity index (χ3n) is 2.45. The molecule has 2 aromatic heterocycles. The molecule has 0 aliphatic carbocycles. The summed E-state index contributed by atoms with van der Waals surface area (Å²) in [5.41, 5.74) is 4.92. The van der Waals surface area contributed by atoms with Crippen LogP contribution in [0.5, 0.6) is 0 Å². The molecule has 2 aromatic rings. The lowest BCUT2D eigenvalue weighted by Gasteiger charge is -2.14. The highest BCUT2D eigenvalue weighted by Gasteiger charge is 2.19. The Morgan fingerprint density at radius 2 is 2.33 bits per heavy atom.